The Hall–Kier alpha value is -1.78. The molecule has 2 rings (SSSR count). The van der Waals surface area contributed by atoms with Gasteiger partial charge >= 0.3 is 5.97 Å². The number of nitrogens with one attached hydrogen (secondary N) is 1. The number of aromatic nitrogens is 1. The zero-order chi connectivity index (χ0) is 13.1. The van der Waals surface area contributed by atoms with Crippen LogP contribution in [-0.2, 0) is 4.79 Å². The van der Waals surface area contributed by atoms with Crippen molar-refractivity contribution in [1.29, 1.82) is 0 Å². The fourth-order valence-corrected chi connectivity index (χ4v) is 1.97. The standard InChI is InChI=1S/C13H18N2O3/c1-2-9(13(17)18)8-14-12(16)11-4-3-7-15(11)10-5-6-10/h3-4,7,9-10H,2,5-6,8H2,1H3,(H,14,16)(H,17,18). The summed E-state index contributed by atoms with van der Waals surface area (Å²) in [5.41, 5.74) is 0.623. The summed E-state index contributed by atoms with van der Waals surface area (Å²) in [5.74, 6) is -1.57. The summed E-state index contributed by atoms with van der Waals surface area (Å²) in [6.07, 6.45) is 4.64. The second-order valence-electron chi connectivity index (χ2n) is 4.69. The summed E-state index contributed by atoms with van der Waals surface area (Å²) in [5, 5.41) is 11.6. The lowest BCUT2D eigenvalue weighted by atomic mass is 10.1. The van der Waals surface area contributed by atoms with Crippen molar-refractivity contribution >= 4 is 11.9 Å². The Morgan fingerprint density at radius 2 is 2.28 bits per heavy atom. The van der Waals surface area contributed by atoms with Crippen LogP contribution < -0.4 is 5.32 Å². The van der Waals surface area contributed by atoms with Gasteiger partial charge in [-0.15, -0.1) is 0 Å². The molecule has 0 aromatic carbocycles. The highest BCUT2D eigenvalue weighted by Gasteiger charge is 2.27. The molecule has 1 unspecified atom stereocenters. The molecule has 0 saturated heterocycles. The van der Waals surface area contributed by atoms with E-state index in [1.165, 1.54) is 0 Å². The van der Waals surface area contributed by atoms with Gasteiger partial charge in [0.25, 0.3) is 5.91 Å². The van der Waals surface area contributed by atoms with Gasteiger partial charge in [0.2, 0.25) is 0 Å². The molecule has 18 heavy (non-hydrogen) atoms. The van der Waals surface area contributed by atoms with Crippen molar-refractivity contribution in [2.45, 2.75) is 32.2 Å². The molecule has 0 aliphatic heterocycles. The Morgan fingerprint density at radius 1 is 1.56 bits per heavy atom. The van der Waals surface area contributed by atoms with E-state index in [2.05, 4.69) is 5.32 Å². The molecule has 1 aromatic rings. The van der Waals surface area contributed by atoms with Crippen LogP contribution in [0.1, 0.15) is 42.7 Å². The summed E-state index contributed by atoms with van der Waals surface area (Å²) in [6.45, 7) is 1.98. The van der Waals surface area contributed by atoms with E-state index >= 15 is 0 Å². The topological polar surface area (TPSA) is 71.3 Å². The van der Waals surface area contributed by atoms with Crippen LogP contribution in [0.15, 0.2) is 18.3 Å². The summed E-state index contributed by atoms with van der Waals surface area (Å²) >= 11 is 0. The van der Waals surface area contributed by atoms with Crippen LogP contribution in [0.5, 0.6) is 0 Å². The minimum Gasteiger partial charge on any atom is -0.481 e. The zero-order valence-corrected chi connectivity index (χ0v) is 10.4. The van der Waals surface area contributed by atoms with E-state index in [4.69, 9.17) is 5.11 Å². The molecule has 1 fully saturated rings. The third kappa shape index (κ3) is 2.72. The number of carboxylic acids is 1. The Labute approximate surface area is 106 Å². The van der Waals surface area contributed by atoms with Gasteiger partial charge in [-0.3, -0.25) is 9.59 Å². The Kier molecular flexibility index (Phi) is 3.69. The quantitative estimate of drug-likeness (QED) is 0.806. The van der Waals surface area contributed by atoms with E-state index in [0.29, 0.717) is 18.2 Å². The van der Waals surface area contributed by atoms with E-state index < -0.39 is 11.9 Å². The van der Waals surface area contributed by atoms with E-state index in [0.717, 1.165) is 12.8 Å². The van der Waals surface area contributed by atoms with Crippen LogP contribution in [0.3, 0.4) is 0 Å². The maximum absolute atomic E-state index is 12.0. The molecule has 1 amide bonds. The molecule has 98 valence electrons. The molecule has 1 aliphatic rings. The molecule has 2 N–H and O–H groups in total. The lowest BCUT2D eigenvalue weighted by molar-refractivity contribution is -0.141. The van der Waals surface area contributed by atoms with Gasteiger partial charge in [0.1, 0.15) is 5.69 Å². The van der Waals surface area contributed by atoms with Crippen molar-refractivity contribution in [1.82, 2.24) is 9.88 Å². The van der Waals surface area contributed by atoms with Crippen LogP contribution in [0.2, 0.25) is 0 Å². The monoisotopic (exact) mass is 250 g/mol. The summed E-state index contributed by atoms with van der Waals surface area (Å²) < 4.78 is 1.97. The van der Waals surface area contributed by atoms with E-state index in [9.17, 15) is 9.59 Å². The predicted molar refractivity (Wildman–Crippen MR) is 66.5 cm³/mol. The van der Waals surface area contributed by atoms with Gasteiger partial charge in [0.05, 0.1) is 5.92 Å². The molecule has 0 spiro atoms. The fraction of sp³-hybridized carbons (Fsp3) is 0.538. The summed E-state index contributed by atoms with van der Waals surface area (Å²) in [4.78, 5) is 22.8. The van der Waals surface area contributed by atoms with E-state index in [-0.39, 0.29) is 12.5 Å². The minimum atomic E-state index is -0.865. The first-order valence-electron chi connectivity index (χ1n) is 6.31. The molecule has 5 nitrogen and oxygen atoms in total. The molecule has 0 radical (unpaired) electrons. The number of hydrogen-bond acceptors (Lipinski definition) is 2. The van der Waals surface area contributed by atoms with Crippen molar-refractivity contribution in [3.8, 4) is 0 Å². The summed E-state index contributed by atoms with van der Waals surface area (Å²) in [7, 11) is 0. The lowest BCUT2D eigenvalue weighted by Crippen LogP contribution is -2.33. The van der Waals surface area contributed by atoms with Crippen LogP contribution in [0.4, 0.5) is 0 Å². The highest BCUT2D eigenvalue weighted by molar-refractivity contribution is 5.93. The van der Waals surface area contributed by atoms with Gasteiger partial charge in [-0.1, -0.05) is 6.92 Å². The molecular formula is C13H18N2O3. The normalized spacial score (nSPS) is 16.3. The highest BCUT2D eigenvalue weighted by Crippen LogP contribution is 2.35. The number of amides is 1. The number of carbonyl (C=O) groups is 2. The van der Waals surface area contributed by atoms with Gasteiger partial charge in [0, 0.05) is 18.8 Å². The number of hydrogen-bond donors (Lipinski definition) is 2. The molecule has 0 bridgehead atoms. The largest absolute Gasteiger partial charge is 0.481 e. The number of aliphatic carboxylic acids is 1. The van der Waals surface area contributed by atoms with Crippen LogP contribution in [-0.4, -0.2) is 28.1 Å². The van der Waals surface area contributed by atoms with Crippen molar-refractivity contribution in [2.24, 2.45) is 5.92 Å². The number of rotatable bonds is 6. The fourth-order valence-electron chi connectivity index (χ4n) is 1.97. The van der Waals surface area contributed by atoms with Crippen molar-refractivity contribution in [3.63, 3.8) is 0 Å². The Balaban J connectivity index is 1.95. The molecule has 1 atom stereocenters. The number of nitrogens with zero attached hydrogens (tertiary/aromatic N) is 1. The van der Waals surface area contributed by atoms with Crippen molar-refractivity contribution in [3.05, 3.63) is 24.0 Å². The number of carboxylic acid groups (broad SMARTS) is 1. The molecular weight excluding hydrogens is 232 g/mol. The second-order valence-corrected chi connectivity index (χ2v) is 4.69. The second kappa shape index (κ2) is 5.25. The Morgan fingerprint density at radius 3 is 2.83 bits per heavy atom. The Bertz CT molecular complexity index is 449. The van der Waals surface area contributed by atoms with Crippen molar-refractivity contribution in [2.75, 3.05) is 6.54 Å². The first kappa shape index (κ1) is 12.7. The van der Waals surface area contributed by atoms with Crippen LogP contribution in [0.25, 0.3) is 0 Å². The van der Waals surface area contributed by atoms with Gasteiger partial charge in [-0.2, -0.15) is 0 Å². The van der Waals surface area contributed by atoms with Crippen molar-refractivity contribution < 1.29 is 14.7 Å². The SMILES string of the molecule is CCC(CNC(=O)c1cccn1C1CC1)C(=O)O. The van der Waals surface area contributed by atoms with E-state index in [1.54, 1.807) is 13.0 Å². The summed E-state index contributed by atoms with van der Waals surface area (Å²) in [6, 6.07) is 4.07. The third-order valence-corrected chi connectivity index (χ3v) is 3.30. The minimum absolute atomic E-state index is 0.181. The van der Waals surface area contributed by atoms with Crippen LogP contribution in [0, 0.1) is 5.92 Å². The maximum atomic E-state index is 12.0. The maximum Gasteiger partial charge on any atom is 0.308 e. The van der Waals surface area contributed by atoms with E-state index in [1.807, 2.05) is 16.8 Å². The molecule has 1 aliphatic carbocycles. The van der Waals surface area contributed by atoms with Gasteiger partial charge in [-0.25, -0.2) is 0 Å². The average Bonchev–Trinajstić information content (AvgIpc) is 3.07. The first-order valence-corrected chi connectivity index (χ1v) is 6.31. The van der Waals surface area contributed by atoms with Gasteiger partial charge in [0.15, 0.2) is 0 Å². The average molecular weight is 250 g/mol. The third-order valence-electron chi connectivity index (χ3n) is 3.30. The first-order chi connectivity index (χ1) is 8.63. The van der Waals surface area contributed by atoms with Gasteiger partial charge in [-0.05, 0) is 31.4 Å². The molecule has 1 saturated carbocycles. The van der Waals surface area contributed by atoms with Crippen LogP contribution >= 0.6 is 0 Å². The lowest BCUT2D eigenvalue weighted by Gasteiger charge is -2.12. The molecule has 1 aromatic heterocycles. The smallest absolute Gasteiger partial charge is 0.308 e. The molecule has 1 heterocycles. The highest BCUT2D eigenvalue weighted by atomic mass is 16.4. The van der Waals surface area contributed by atoms with Gasteiger partial charge < -0.3 is 15.0 Å². The number of carbonyl (C=O) groups excluding carboxylic acids is 1. The molecule has 5 heteroatoms. The zero-order valence-electron chi connectivity index (χ0n) is 10.4. The predicted octanol–water partition coefficient (Wildman–Crippen LogP) is 1.66.